The molecule has 1 amide bonds. The predicted octanol–water partition coefficient (Wildman–Crippen LogP) is 2.02. The first-order valence-electron chi connectivity index (χ1n) is 7.75. The van der Waals surface area contributed by atoms with Crippen LogP contribution in [-0.2, 0) is 9.53 Å². The normalized spacial score (nSPS) is 16.7. The summed E-state index contributed by atoms with van der Waals surface area (Å²) in [7, 11) is 1.32. The average Bonchev–Trinajstić information content (AvgIpc) is 2.90. The first kappa shape index (κ1) is 16.0. The number of aromatic nitrogens is 2. The van der Waals surface area contributed by atoms with E-state index in [1.165, 1.54) is 7.11 Å². The van der Waals surface area contributed by atoms with Gasteiger partial charge in [0.2, 0.25) is 5.91 Å². The Kier molecular flexibility index (Phi) is 4.01. The average molecular weight is 329 g/mol. The first-order valence-corrected chi connectivity index (χ1v) is 7.75. The lowest BCUT2D eigenvalue weighted by atomic mass is 9.87. The highest BCUT2D eigenvalue weighted by Gasteiger charge is 2.33. The molecule has 1 atom stereocenters. The van der Waals surface area contributed by atoms with E-state index < -0.39 is 5.97 Å². The van der Waals surface area contributed by atoms with Gasteiger partial charge >= 0.3 is 5.97 Å². The van der Waals surface area contributed by atoms with E-state index in [2.05, 4.69) is 15.2 Å². The van der Waals surface area contributed by atoms with Crippen LogP contribution in [-0.4, -0.2) is 28.8 Å². The molecular weight excluding hydrogens is 310 g/mol. The van der Waals surface area contributed by atoms with Crippen molar-refractivity contribution in [2.45, 2.75) is 32.2 Å². The summed E-state index contributed by atoms with van der Waals surface area (Å²) in [6.07, 6.45) is 0.190. The van der Waals surface area contributed by atoms with Crippen LogP contribution in [0.3, 0.4) is 0 Å². The van der Waals surface area contributed by atoms with Crippen LogP contribution >= 0.6 is 0 Å². The van der Waals surface area contributed by atoms with Crippen molar-refractivity contribution in [2.24, 2.45) is 0 Å². The predicted molar refractivity (Wildman–Crippen MR) is 88.3 cm³/mol. The van der Waals surface area contributed by atoms with Crippen LogP contribution in [0.2, 0.25) is 0 Å². The van der Waals surface area contributed by atoms with Crippen molar-refractivity contribution in [2.75, 3.05) is 12.4 Å². The Bertz CT molecular complexity index is 846. The molecule has 126 valence electrons. The summed E-state index contributed by atoms with van der Waals surface area (Å²) in [5.41, 5.74) is 1.58. The molecule has 1 aliphatic rings. The van der Waals surface area contributed by atoms with Crippen LogP contribution in [0.25, 0.3) is 0 Å². The molecule has 0 unspecified atom stereocenters. The van der Waals surface area contributed by atoms with E-state index in [1.54, 1.807) is 28.9 Å². The minimum absolute atomic E-state index is 0.0159. The number of carbonyl (C=O) groups excluding carboxylic acids is 2. The molecule has 7 nitrogen and oxygen atoms in total. The number of H-pyrrole nitrogens is 1. The van der Waals surface area contributed by atoms with Crippen molar-refractivity contribution in [1.29, 1.82) is 0 Å². The maximum Gasteiger partial charge on any atom is 0.337 e. The van der Waals surface area contributed by atoms with E-state index in [0.717, 1.165) is 5.56 Å². The van der Waals surface area contributed by atoms with Gasteiger partial charge in [-0.25, -0.2) is 4.79 Å². The van der Waals surface area contributed by atoms with E-state index >= 15 is 0 Å². The number of nitrogens with one attached hydrogen (secondary N) is 2. The first-order chi connectivity index (χ1) is 11.4. The highest BCUT2D eigenvalue weighted by Crippen LogP contribution is 2.35. The highest BCUT2D eigenvalue weighted by molar-refractivity contribution is 5.94. The second kappa shape index (κ2) is 5.99. The van der Waals surface area contributed by atoms with Crippen LogP contribution < -0.4 is 10.9 Å². The van der Waals surface area contributed by atoms with E-state index in [0.29, 0.717) is 16.9 Å². The van der Waals surface area contributed by atoms with E-state index in [9.17, 15) is 14.4 Å². The molecule has 1 aliphatic heterocycles. The highest BCUT2D eigenvalue weighted by atomic mass is 16.5. The zero-order valence-corrected chi connectivity index (χ0v) is 13.8. The SMILES string of the molecule is COC(=O)c1ccc([C@H]2CC(=O)Nc3c2c(=O)[nH]n3C(C)C)cc1. The van der Waals surface area contributed by atoms with Gasteiger partial charge in [0.05, 0.1) is 18.2 Å². The van der Waals surface area contributed by atoms with Gasteiger partial charge < -0.3 is 10.1 Å². The third-order valence-electron chi connectivity index (χ3n) is 4.21. The van der Waals surface area contributed by atoms with Gasteiger partial charge in [-0.3, -0.25) is 19.4 Å². The molecule has 1 aromatic heterocycles. The van der Waals surface area contributed by atoms with Crippen molar-refractivity contribution in [3.8, 4) is 0 Å². The maximum atomic E-state index is 12.4. The number of hydrogen-bond acceptors (Lipinski definition) is 4. The largest absolute Gasteiger partial charge is 0.465 e. The summed E-state index contributed by atoms with van der Waals surface area (Å²) in [5, 5.41) is 5.57. The van der Waals surface area contributed by atoms with Gasteiger partial charge in [-0.2, -0.15) is 0 Å². The molecule has 0 fully saturated rings. The van der Waals surface area contributed by atoms with Crippen LogP contribution in [0.15, 0.2) is 29.1 Å². The lowest BCUT2D eigenvalue weighted by molar-refractivity contribution is -0.116. The monoisotopic (exact) mass is 329 g/mol. The third-order valence-corrected chi connectivity index (χ3v) is 4.21. The number of anilines is 1. The van der Waals surface area contributed by atoms with Crippen molar-refractivity contribution in [1.82, 2.24) is 9.78 Å². The number of ether oxygens (including phenoxy) is 1. The van der Waals surface area contributed by atoms with Gasteiger partial charge in [0.25, 0.3) is 5.56 Å². The number of fused-ring (bicyclic) bond motifs is 1. The van der Waals surface area contributed by atoms with Crippen molar-refractivity contribution >= 4 is 17.7 Å². The Labute approximate surface area is 138 Å². The lowest BCUT2D eigenvalue weighted by Gasteiger charge is -2.24. The van der Waals surface area contributed by atoms with Crippen molar-refractivity contribution in [3.05, 3.63) is 51.3 Å². The van der Waals surface area contributed by atoms with E-state index in [-0.39, 0.29) is 29.8 Å². The summed E-state index contributed by atoms with van der Waals surface area (Å²) in [6, 6.07) is 6.81. The zero-order valence-electron chi connectivity index (χ0n) is 13.8. The Balaban J connectivity index is 2.06. The van der Waals surface area contributed by atoms with E-state index in [4.69, 9.17) is 0 Å². The molecule has 0 radical (unpaired) electrons. The smallest absolute Gasteiger partial charge is 0.337 e. The van der Waals surface area contributed by atoms with Crippen molar-refractivity contribution in [3.63, 3.8) is 0 Å². The van der Waals surface area contributed by atoms with Gasteiger partial charge in [-0.15, -0.1) is 0 Å². The molecule has 2 heterocycles. The molecule has 0 aliphatic carbocycles. The number of carbonyl (C=O) groups is 2. The summed E-state index contributed by atoms with van der Waals surface area (Å²) in [4.78, 5) is 36.0. The molecule has 0 saturated carbocycles. The topological polar surface area (TPSA) is 93.2 Å². The maximum absolute atomic E-state index is 12.4. The van der Waals surface area contributed by atoms with Crippen molar-refractivity contribution < 1.29 is 14.3 Å². The molecule has 7 heteroatoms. The fourth-order valence-corrected chi connectivity index (χ4v) is 3.03. The molecular formula is C17H19N3O4. The standard InChI is InChI=1S/C17H19N3O4/c1-9(2)20-15-14(16(22)19-20)12(8-13(21)18-15)10-4-6-11(7-5-10)17(23)24-3/h4-7,9,12H,8H2,1-3H3,(H,18,21)(H,19,22)/t12-/m1/s1. The third kappa shape index (κ3) is 2.62. The molecule has 24 heavy (non-hydrogen) atoms. The van der Waals surface area contributed by atoms with Crippen LogP contribution in [0.1, 0.15) is 53.7 Å². The van der Waals surface area contributed by atoms with Gasteiger partial charge in [0, 0.05) is 18.4 Å². The second-order valence-corrected chi connectivity index (χ2v) is 6.09. The van der Waals surface area contributed by atoms with Crippen LogP contribution in [0.5, 0.6) is 0 Å². The van der Waals surface area contributed by atoms with Crippen LogP contribution in [0.4, 0.5) is 5.82 Å². The molecule has 1 aromatic carbocycles. The number of aromatic amines is 1. The molecule has 0 saturated heterocycles. The minimum Gasteiger partial charge on any atom is -0.465 e. The van der Waals surface area contributed by atoms with Gasteiger partial charge in [0.1, 0.15) is 5.82 Å². The molecule has 2 N–H and O–H groups in total. The summed E-state index contributed by atoms with van der Waals surface area (Å²) < 4.78 is 6.35. The number of benzene rings is 1. The molecule has 3 rings (SSSR count). The summed E-state index contributed by atoms with van der Waals surface area (Å²) in [5.74, 6) is -0.386. The number of methoxy groups -OCH3 is 1. The van der Waals surface area contributed by atoms with E-state index in [1.807, 2.05) is 13.8 Å². The quantitative estimate of drug-likeness (QED) is 0.843. The van der Waals surface area contributed by atoms with Gasteiger partial charge in [-0.05, 0) is 31.5 Å². The zero-order chi connectivity index (χ0) is 17.4. The number of hydrogen-bond donors (Lipinski definition) is 2. The fraction of sp³-hybridized carbons (Fsp3) is 0.353. The number of amides is 1. The second-order valence-electron chi connectivity index (χ2n) is 6.09. The minimum atomic E-state index is -0.424. The molecule has 0 bridgehead atoms. The summed E-state index contributed by atoms with van der Waals surface area (Å²) >= 11 is 0. The Morgan fingerprint density at radius 3 is 2.50 bits per heavy atom. The Hall–Kier alpha value is -2.83. The van der Waals surface area contributed by atoms with Gasteiger partial charge in [-0.1, -0.05) is 12.1 Å². The Morgan fingerprint density at radius 1 is 1.25 bits per heavy atom. The molecule has 0 spiro atoms. The number of esters is 1. The van der Waals surface area contributed by atoms with Crippen LogP contribution in [0, 0.1) is 0 Å². The lowest BCUT2D eigenvalue weighted by Crippen LogP contribution is -2.27. The fourth-order valence-electron chi connectivity index (χ4n) is 3.03. The van der Waals surface area contributed by atoms with Gasteiger partial charge in [0.15, 0.2) is 0 Å². The molecule has 2 aromatic rings. The number of rotatable bonds is 3. The number of nitrogens with zero attached hydrogens (tertiary/aromatic N) is 1. The summed E-state index contributed by atoms with van der Waals surface area (Å²) in [6.45, 7) is 3.86. The Morgan fingerprint density at radius 2 is 1.92 bits per heavy atom.